The monoisotopic (exact) mass is 341 g/mol. The third-order valence-electron chi connectivity index (χ3n) is 3.28. The second kappa shape index (κ2) is 8.88. The molecule has 0 spiro atoms. The molecule has 0 amide bonds. The largest absolute Gasteiger partial charge is 0.377 e. The molecule has 0 unspecified atom stereocenters. The first-order valence-electron chi connectivity index (χ1n) is 7.66. The first-order valence-corrected chi connectivity index (χ1v) is 9.31. The van der Waals surface area contributed by atoms with Crippen molar-refractivity contribution < 1.29 is 13.2 Å². The Morgan fingerprint density at radius 3 is 2.43 bits per heavy atom. The van der Waals surface area contributed by atoms with E-state index in [0.29, 0.717) is 23.9 Å². The molecule has 0 aliphatic carbocycles. The van der Waals surface area contributed by atoms with Gasteiger partial charge in [-0.3, -0.25) is 4.99 Å². The maximum Gasteiger partial charge on any atom is 0.191 e. The van der Waals surface area contributed by atoms with E-state index in [1.807, 2.05) is 20.8 Å². The van der Waals surface area contributed by atoms with E-state index < -0.39 is 9.84 Å². The molecule has 2 N–H and O–H groups in total. The Morgan fingerprint density at radius 1 is 1.22 bits per heavy atom. The average Bonchev–Trinajstić information content (AvgIpc) is 2.53. The third-order valence-corrected chi connectivity index (χ3v) is 5.01. The molecule has 0 heterocycles. The van der Waals surface area contributed by atoms with Gasteiger partial charge in [0, 0.05) is 20.2 Å². The highest BCUT2D eigenvalue weighted by Gasteiger charge is 2.16. The maximum absolute atomic E-state index is 12.2. The van der Waals surface area contributed by atoms with Crippen LogP contribution in [-0.4, -0.2) is 52.5 Å². The minimum atomic E-state index is -3.29. The number of hydrogen-bond acceptors (Lipinski definition) is 4. The number of methoxy groups -OCH3 is 1. The van der Waals surface area contributed by atoms with E-state index in [-0.39, 0.29) is 17.9 Å². The Kier molecular flexibility index (Phi) is 7.51. The van der Waals surface area contributed by atoms with Gasteiger partial charge in [0.25, 0.3) is 0 Å². The molecule has 0 aliphatic rings. The van der Waals surface area contributed by atoms with Crippen molar-refractivity contribution in [2.24, 2.45) is 4.99 Å². The van der Waals surface area contributed by atoms with Gasteiger partial charge in [0.05, 0.1) is 22.8 Å². The van der Waals surface area contributed by atoms with Gasteiger partial charge in [0.15, 0.2) is 15.8 Å². The van der Waals surface area contributed by atoms with Crippen molar-refractivity contribution >= 4 is 15.8 Å². The zero-order valence-corrected chi connectivity index (χ0v) is 15.1. The fraction of sp³-hybridized carbons (Fsp3) is 0.562. The number of sulfone groups is 1. The van der Waals surface area contributed by atoms with Gasteiger partial charge in [-0.05, 0) is 32.9 Å². The van der Waals surface area contributed by atoms with Gasteiger partial charge in [-0.1, -0.05) is 18.2 Å². The maximum atomic E-state index is 12.2. The molecule has 0 aliphatic heterocycles. The van der Waals surface area contributed by atoms with Gasteiger partial charge in [-0.15, -0.1) is 0 Å². The first-order chi connectivity index (χ1) is 10.8. The van der Waals surface area contributed by atoms with Crippen molar-refractivity contribution in [3.8, 4) is 0 Å². The summed E-state index contributed by atoms with van der Waals surface area (Å²) in [7, 11) is -1.65. The molecule has 1 aromatic rings. The molecule has 130 valence electrons. The minimum absolute atomic E-state index is 0.00903. The Balaban J connectivity index is 2.61. The van der Waals surface area contributed by atoms with Crippen molar-refractivity contribution in [2.45, 2.75) is 31.3 Å². The lowest BCUT2D eigenvalue weighted by Gasteiger charge is -2.21. The van der Waals surface area contributed by atoms with E-state index in [1.165, 1.54) is 0 Å². The van der Waals surface area contributed by atoms with Crippen LogP contribution >= 0.6 is 0 Å². The Labute approximate surface area is 139 Å². The van der Waals surface area contributed by atoms with Crippen LogP contribution in [0.4, 0.5) is 0 Å². The summed E-state index contributed by atoms with van der Waals surface area (Å²) in [6.07, 6.45) is 0. The number of rotatable bonds is 8. The summed E-state index contributed by atoms with van der Waals surface area (Å²) in [4.78, 5) is 4.76. The van der Waals surface area contributed by atoms with Crippen molar-refractivity contribution in [3.63, 3.8) is 0 Å². The van der Waals surface area contributed by atoms with Gasteiger partial charge in [-0.25, -0.2) is 8.42 Å². The van der Waals surface area contributed by atoms with Crippen molar-refractivity contribution in [1.82, 2.24) is 10.6 Å². The quantitative estimate of drug-likeness (QED) is 0.552. The van der Waals surface area contributed by atoms with E-state index >= 15 is 0 Å². The van der Waals surface area contributed by atoms with Crippen LogP contribution in [0.5, 0.6) is 0 Å². The molecule has 0 saturated heterocycles. The average molecular weight is 341 g/mol. The van der Waals surface area contributed by atoms with Crippen LogP contribution in [0.2, 0.25) is 0 Å². The SMILES string of the molecule is CCNC(=NCC(C)(C)OC)NCCS(=O)(=O)c1ccccc1. The fourth-order valence-corrected chi connectivity index (χ4v) is 2.90. The van der Waals surface area contributed by atoms with Crippen LogP contribution in [0.15, 0.2) is 40.2 Å². The Hall–Kier alpha value is -1.60. The molecule has 0 atom stereocenters. The highest BCUT2D eigenvalue weighted by Crippen LogP contribution is 2.09. The van der Waals surface area contributed by atoms with Crippen molar-refractivity contribution in [1.29, 1.82) is 0 Å². The fourth-order valence-electron chi connectivity index (χ4n) is 1.73. The molecule has 1 aromatic carbocycles. The van der Waals surface area contributed by atoms with Crippen molar-refractivity contribution in [2.75, 3.05) is 32.5 Å². The predicted octanol–water partition coefficient (Wildman–Crippen LogP) is 1.44. The number of ether oxygens (including phenoxy) is 1. The van der Waals surface area contributed by atoms with E-state index in [2.05, 4.69) is 15.6 Å². The molecule has 0 saturated carbocycles. The first kappa shape index (κ1) is 19.4. The van der Waals surface area contributed by atoms with Gasteiger partial charge >= 0.3 is 0 Å². The summed E-state index contributed by atoms with van der Waals surface area (Å²) in [6.45, 7) is 7.31. The van der Waals surface area contributed by atoms with Crippen LogP contribution in [-0.2, 0) is 14.6 Å². The molecular weight excluding hydrogens is 314 g/mol. The highest BCUT2D eigenvalue weighted by atomic mass is 32.2. The van der Waals surface area contributed by atoms with E-state index in [1.54, 1.807) is 37.4 Å². The molecule has 6 nitrogen and oxygen atoms in total. The number of benzene rings is 1. The normalized spacial score (nSPS) is 13.0. The van der Waals surface area contributed by atoms with Gasteiger partial charge < -0.3 is 15.4 Å². The predicted molar refractivity (Wildman–Crippen MR) is 93.6 cm³/mol. The number of guanidine groups is 1. The summed E-state index contributed by atoms with van der Waals surface area (Å²) in [6, 6.07) is 8.45. The lowest BCUT2D eigenvalue weighted by Crippen LogP contribution is -2.41. The lowest BCUT2D eigenvalue weighted by molar-refractivity contribution is 0.0310. The molecule has 1 rings (SSSR count). The second-order valence-corrected chi connectivity index (χ2v) is 7.83. The molecule has 0 radical (unpaired) electrons. The minimum Gasteiger partial charge on any atom is -0.377 e. The number of nitrogens with zero attached hydrogens (tertiary/aromatic N) is 1. The molecule has 0 fully saturated rings. The molecule has 7 heteroatoms. The zero-order chi connectivity index (χ0) is 17.3. The van der Waals surface area contributed by atoms with Crippen LogP contribution in [0.25, 0.3) is 0 Å². The second-order valence-electron chi connectivity index (χ2n) is 5.72. The van der Waals surface area contributed by atoms with Gasteiger partial charge in [0.1, 0.15) is 0 Å². The van der Waals surface area contributed by atoms with Gasteiger partial charge in [0.2, 0.25) is 0 Å². The molecule has 0 bridgehead atoms. The number of aliphatic imine (C=N–C) groups is 1. The standard InChI is InChI=1S/C16H27N3O3S/c1-5-17-15(19-13-16(2,3)22-4)18-11-12-23(20,21)14-9-7-6-8-10-14/h6-10H,5,11-13H2,1-4H3,(H2,17,18,19). The van der Waals surface area contributed by atoms with E-state index in [4.69, 9.17) is 4.74 Å². The van der Waals surface area contributed by atoms with E-state index in [0.717, 1.165) is 0 Å². The third kappa shape index (κ3) is 7.00. The smallest absolute Gasteiger partial charge is 0.191 e. The Morgan fingerprint density at radius 2 is 1.87 bits per heavy atom. The molecular formula is C16H27N3O3S. The van der Waals surface area contributed by atoms with Crippen LogP contribution in [0.1, 0.15) is 20.8 Å². The van der Waals surface area contributed by atoms with Crippen molar-refractivity contribution in [3.05, 3.63) is 30.3 Å². The zero-order valence-electron chi connectivity index (χ0n) is 14.3. The van der Waals surface area contributed by atoms with Gasteiger partial charge in [-0.2, -0.15) is 0 Å². The number of nitrogens with one attached hydrogen (secondary N) is 2. The Bertz CT molecular complexity index is 598. The summed E-state index contributed by atoms with van der Waals surface area (Å²) in [5.41, 5.74) is -0.363. The van der Waals surface area contributed by atoms with Crippen LogP contribution in [0.3, 0.4) is 0 Å². The van der Waals surface area contributed by atoms with E-state index in [9.17, 15) is 8.42 Å². The highest BCUT2D eigenvalue weighted by molar-refractivity contribution is 7.91. The van der Waals surface area contributed by atoms with Crippen LogP contribution < -0.4 is 10.6 Å². The molecule has 0 aromatic heterocycles. The molecule has 23 heavy (non-hydrogen) atoms. The summed E-state index contributed by atoms with van der Waals surface area (Å²) in [5.74, 6) is 0.593. The number of hydrogen-bond donors (Lipinski definition) is 2. The summed E-state index contributed by atoms with van der Waals surface area (Å²) >= 11 is 0. The van der Waals surface area contributed by atoms with Crippen LogP contribution in [0, 0.1) is 0 Å². The lowest BCUT2D eigenvalue weighted by atomic mass is 10.1. The summed E-state index contributed by atoms with van der Waals surface area (Å²) in [5, 5.41) is 6.14. The summed E-state index contributed by atoms with van der Waals surface area (Å²) < 4.78 is 29.8. The topological polar surface area (TPSA) is 79.8 Å².